The lowest BCUT2D eigenvalue weighted by Crippen LogP contribution is -2.53. The largest absolute Gasteiger partial charge is 0.616 e. The van der Waals surface area contributed by atoms with Crippen molar-refractivity contribution in [3.63, 3.8) is 0 Å². The minimum absolute atomic E-state index is 0.131. The molecule has 0 fully saturated rings. The molecule has 0 aliphatic carbocycles. The minimum Gasteiger partial charge on any atom is -0.616 e. The van der Waals surface area contributed by atoms with Gasteiger partial charge < -0.3 is 24.3 Å². The summed E-state index contributed by atoms with van der Waals surface area (Å²) in [6.45, 7) is 5.66. The van der Waals surface area contributed by atoms with Gasteiger partial charge in [0.2, 0.25) is 11.7 Å². The summed E-state index contributed by atoms with van der Waals surface area (Å²) < 4.78 is 23.1. The van der Waals surface area contributed by atoms with Crippen LogP contribution in [0.4, 0.5) is 0 Å². The predicted molar refractivity (Wildman–Crippen MR) is 135 cm³/mol. The monoisotopic (exact) mass is 504 g/mol. The summed E-state index contributed by atoms with van der Waals surface area (Å²) in [5.41, 5.74) is 0. The quantitative estimate of drug-likeness (QED) is 0.338. The number of carbonyl (C=O) groups is 3. The van der Waals surface area contributed by atoms with Gasteiger partial charge in [-0.3, -0.25) is 14.4 Å². The Hall–Kier alpha value is -2.78. The number of benzene rings is 1. The Morgan fingerprint density at radius 3 is 2.43 bits per heavy atom. The van der Waals surface area contributed by atoms with E-state index < -0.39 is 35.1 Å². The highest BCUT2D eigenvalue weighted by Crippen LogP contribution is 2.12. The van der Waals surface area contributed by atoms with E-state index in [-0.39, 0.29) is 29.8 Å². The number of ketones is 1. The summed E-state index contributed by atoms with van der Waals surface area (Å²) in [5, 5.41) is 5.53. The molecular formula is C26H36N2O6S. The minimum atomic E-state index is -1.45. The van der Waals surface area contributed by atoms with Gasteiger partial charge in [-0.05, 0) is 54.2 Å². The van der Waals surface area contributed by atoms with Crippen molar-refractivity contribution in [1.29, 1.82) is 0 Å². The molecule has 1 aromatic carbocycles. The van der Waals surface area contributed by atoms with Gasteiger partial charge in [0.15, 0.2) is 23.9 Å². The maximum Gasteiger partial charge on any atom is 0.258 e. The Kier molecular flexibility index (Phi) is 12.4. The average molecular weight is 505 g/mol. The zero-order chi connectivity index (χ0) is 25.6. The van der Waals surface area contributed by atoms with Crippen LogP contribution in [0, 0.1) is 5.92 Å². The van der Waals surface area contributed by atoms with E-state index >= 15 is 0 Å². The highest BCUT2D eigenvalue weighted by atomic mass is 32.2. The highest BCUT2D eigenvalue weighted by molar-refractivity contribution is 7.91. The van der Waals surface area contributed by atoms with E-state index in [2.05, 4.69) is 10.6 Å². The van der Waals surface area contributed by atoms with Crippen molar-refractivity contribution >= 4 is 28.8 Å². The molecule has 0 aliphatic rings. The van der Waals surface area contributed by atoms with Gasteiger partial charge in [-0.15, -0.1) is 0 Å². The molecule has 2 amide bonds. The van der Waals surface area contributed by atoms with Crippen LogP contribution < -0.4 is 15.4 Å². The van der Waals surface area contributed by atoms with Crippen molar-refractivity contribution < 1.29 is 28.1 Å². The van der Waals surface area contributed by atoms with Crippen molar-refractivity contribution in [3.8, 4) is 5.75 Å². The molecule has 9 heteroatoms. The Morgan fingerprint density at radius 1 is 1.06 bits per heavy atom. The lowest BCUT2D eigenvalue weighted by molar-refractivity contribution is -0.132. The van der Waals surface area contributed by atoms with Gasteiger partial charge in [-0.25, -0.2) is 0 Å². The fraction of sp³-hybridized carbons (Fsp3) is 0.500. The second-order valence-electron chi connectivity index (χ2n) is 8.83. The maximum absolute atomic E-state index is 13.1. The third kappa shape index (κ3) is 11.0. The van der Waals surface area contributed by atoms with Gasteiger partial charge in [0.25, 0.3) is 5.91 Å². The number of rotatable bonds is 16. The van der Waals surface area contributed by atoms with E-state index in [1.165, 1.54) is 6.26 Å². The van der Waals surface area contributed by atoms with Crippen LogP contribution in [0.2, 0.25) is 0 Å². The van der Waals surface area contributed by atoms with Crippen molar-refractivity contribution in [2.45, 2.75) is 64.3 Å². The molecule has 2 rings (SSSR count). The Balaban J connectivity index is 1.97. The van der Waals surface area contributed by atoms with Gasteiger partial charge in [0.1, 0.15) is 11.8 Å². The SMILES string of the molecule is CCCCC(NC(=O)C(CC(C)C)NC(=O)COc1ccccc1)C(=O)C[S+]([O-])Cc1ccco1. The molecule has 2 N–H and O–H groups in total. The highest BCUT2D eigenvalue weighted by Gasteiger charge is 2.29. The molecule has 35 heavy (non-hydrogen) atoms. The molecule has 2 aromatic rings. The Labute approximate surface area is 210 Å². The molecule has 0 aliphatic heterocycles. The zero-order valence-corrected chi connectivity index (χ0v) is 21.5. The second kappa shape index (κ2) is 15.3. The number of para-hydroxylation sites is 1. The molecule has 0 spiro atoms. The average Bonchev–Trinajstić information content (AvgIpc) is 3.33. The fourth-order valence-corrected chi connectivity index (χ4v) is 4.56. The summed E-state index contributed by atoms with van der Waals surface area (Å²) in [7, 11) is 0. The standard InChI is InChI=1S/C26H36N2O6S/c1-4-5-13-22(24(29)18-35(32)17-21-12-9-14-33-21)28-26(31)23(15-19(2)3)27-25(30)16-34-20-10-7-6-8-11-20/h6-12,14,19,22-23H,4-5,13,15-18H2,1-3H3,(H,27,30)(H,28,31). The lowest BCUT2D eigenvalue weighted by atomic mass is 10.0. The van der Waals surface area contributed by atoms with Crippen LogP contribution >= 0.6 is 0 Å². The van der Waals surface area contributed by atoms with Crippen molar-refractivity contribution in [3.05, 3.63) is 54.5 Å². The summed E-state index contributed by atoms with van der Waals surface area (Å²) in [6, 6.07) is 10.8. The first-order valence-corrected chi connectivity index (χ1v) is 13.4. The molecule has 192 valence electrons. The second-order valence-corrected chi connectivity index (χ2v) is 10.3. The molecule has 0 radical (unpaired) electrons. The summed E-state index contributed by atoms with van der Waals surface area (Å²) in [5.74, 6) is 0.0411. The van der Waals surface area contributed by atoms with Crippen LogP contribution in [-0.4, -0.2) is 46.6 Å². The fourth-order valence-electron chi connectivity index (χ4n) is 3.46. The first-order chi connectivity index (χ1) is 16.8. The molecule has 0 bridgehead atoms. The zero-order valence-electron chi connectivity index (χ0n) is 20.7. The number of furan rings is 1. The van der Waals surface area contributed by atoms with Gasteiger partial charge in [0, 0.05) is 0 Å². The number of hydrogen-bond donors (Lipinski definition) is 2. The van der Waals surface area contributed by atoms with Crippen molar-refractivity contribution in [2.75, 3.05) is 12.4 Å². The maximum atomic E-state index is 13.1. The molecule has 3 unspecified atom stereocenters. The van der Waals surface area contributed by atoms with E-state index in [0.717, 1.165) is 12.8 Å². The summed E-state index contributed by atoms with van der Waals surface area (Å²) >= 11 is -1.45. The van der Waals surface area contributed by atoms with E-state index in [1.807, 2.05) is 26.8 Å². The van der Waals surface area contributed by atoms with Gasteiger partial charge in [-0.1, -0.05) is 51.8 Å². The Morgan fingerprint density at radius 2 is 1.80 bits per heavy atom. The predicted octanol–water partition coefficient (Wildman–Crippen LogP) is 3.38. The molecule has 8 nitrogen and oxygen atoms in total. The number of nitrogens with one attached hydrogen (secondary N) is 2. The number of ether oxygens (including phenoxy) is 1. The van der Waals surface area contributed by atoms with Crippen LogP contribution in [0.3, 0.4) is 0 Å². The smallest absolute Gasteiger partial charge is 0.258 e. The number of unbranched alkanes of at least 4 members (excludes halogenated alkanes) is 1. The van der Waals surface area contributed by atoms with Gasteiger partial charge in [-0.2, -0.15) is 0 Å². The first kappa shape index (κ1) is 28.5. The van der Waals surface area contributed by atoms with Gasteiger partial charge >= 0.3 is 0 Å². The summed E-state index contributed by atoms with van der Waals surface area (Å²) in [4.78, 5) is 38.5. The van der Waals surface area contributed by atoms with Crippen LogP contribution in [0.5, 0.6) is 5.75 Å². The number of hydrogen-bond acceptors (Lipinski definition) is 6. The molecule has 1 aromatic heterocycles. The van der Waals surface area contributed by atoms with Crippen LogP contribution in [-0.2, 0) is 31.3 Å². The number of Topliss-reactive ketones (excluding diaryl/α,β-unsaturated/α-hetero) is 1. The molecule has 3 atom stereocenters. The molecule has 0 saturated heterocycles. The summed E-state index contributed by atoms with van der Waals surface area (Å²) in [6.07, 6.45) is 3.92. The van der Waals surface area contributed by atoms with Crippen LogP contribution in [0.15, 0.2) is 53.1 Å². The third-order valence-electron chi connectivity index (χ3n) is 5.21. The molecule has 1 heterocycles. The van der Waals surface area contributed by atoms with Crippen LogP contribution in [0.1, 0.15) is 52.2 Å². The van der Waals surface area contributed by atoms with Crippen molar-refractivity contribution in [1.82, 2.24) is 10.6 Å². The third-order valence-corrected chi connectivity index (χ3v) is 6.42. The first-order valence-electron chi connectivity index (χ1n) is 12.0. The lowest BCUT2D eigenvalue weighted by Gasteiger charge is -2.24. The Bertz CT molecular complexity index is 904. The topological polar surface area (TPSA) is 121 Å². The normalized spacial score (nSPS) is 13.6. The number of carbonyl (C=O) groups excluding carboxylic acids is 3. The van der Waals surface area contributed by atoms with Gasteiger partial charge in [0.05, 0.1) is 12.3 Å². The van der Waals surface area contributed by atoms with E-state index in [9.17, 15) is 18.9 Å². The van der Waals surface area contributed by atoms with E-state index in [1.54, 1.807) is 36.4 Å². The van der Waals surface area contributed by atoms with E-state index in [4.69, 9.17) is 9.15 Å². The number of amides is 2. The van der Waals surface area contributed by atoms with Crippen molar-refractivity contribution in [2.24, 2.45) is 5.92 Å². The molecular weight excluding hydrogens is 468 g/mol. The van der Waals surface area contributed by atoms with Crippen LogP contribution in [0.25, 0.3) is 0 Å². The molecule has 0 saturated carbocycles. The van der Waals surface area contributed by atoms with E-state index in [0.29, 0.717) is 24.4 Å².